The molecule has 4 rings (SSSR count). The molecule has 22 heavy (non-hydrogen) atoms. The van der Waals surface area contributed by atoms with Crippen LogP contribution in [0.1, 0.15) is 31.0 Å². The molecule has 2 saturated heterocycles. The highest BCUT2D eigenvalue weighted by Crippen LogP contribution is 2.39. The summed E-state index contributed by atoms with van der Waals surface area (Å²) in [6.07, 6.45) is 3.63. The fourth-order valence-corrected chi connectivity index (χ4v) is 3.55. The Hall–Kier alpha value is -0.910. The summed E-state index contributed by atoms with van der Waals surface area (Å²) in [6.45, 7) is 7.27. The van der Waals surface area contributed by atoms with E-state index in [9.17, 15) is 0 Å². The smallest absolute Gasteiger partial charge is 0.135 e. The second-order valence-corrected chi connectivity index (χ2v) is 7.09. The first-order chi connectivity index (χ1) is 10.8. The van der Waals surface area contributed by atoms with E-state index in [1.165, 1.54) is 25.8 Å². The van der Waals surface area contributed by atoms with Crippen molar-refractivity contribution in [2.75, 3.05) is 50.8 Å². The quantitative estimate of drug-likeness (QED) is 0.795. The molecule has 0 aromatic carbocycles. The molecule has 1 saturated carbocycles. The zero-order valence-corrected chi connectivity index (χ0v) is 13.6. The Balaban J connectivity index is 1.36. The van der Waals surface area contributed by atoms with Gasteiger partial charge in [0.15, 0.2) is 0 Å². The lowest BCUT2D eigenvalue weighted by molar-refractivity contribution is 0.164. The van der Waals surface area contributed by atoms with Crippen LogP contribution in [0.25, 0.3) is 0 Å². The third-order valence-electron chi connectivity index (χ3n) is 4.88. The largest absolute Gasteiger partial charge is 0.381 e. The molecule has 1 aliphatic carbocycles. The average molecular weight is 323 g/mol. The Morgan fingerprint density at radius 1 is 1.14 bits per heavy atom. The first-order valence-electron chi connectivity index (χ1n) is 8.37. The number of hydrogen-bond donors (Lipinski definition) is 0. The second-order valence-electron chi connectivity index (χ2n) is 6.70. The van der Waals surface area contributed by atoms with Crippen LogP contribution in [0, 0.1) is 5.92 Å². The van der Waals surface area contributed by atoms with Crippen molar-refractivity contribution in [1.82, 2.24) is 14.9 Å². The van der Waals surface area contributed by atoms with E-state index in [1.807, 2.05) is 6.07 Å². The van der Waals surface area contributed by atoms with Crippen LogP contribution in [0.2, 0.25) is 5.15 Å². The summed E-state index contributed by atoms with van der Waals surface area (Å²) >= 11 is 6.18. The van der Waals surface area contributed by atoms with Crippen molar-refractivity contribution in [2.24, 2.45) is 5.92 Å². The van der Waals surface area contributed by atoms with Gasteiger partial charge in [-0.15, -0.1) is 0 Å². The lowest BCUT2D eigenvalue weighted by atomic mass is 10.1. The summed E-state index contributed by atoms with van der Waals surface area (Å²) in [6, 6.07) is 1.91. The van der Waals surface area contributed by atoms with Gasteiger partial charge in [-0.1, -0.05) is 11.6 Å². The normalized spacial score (nSPS) is 26.6. The predicted molar refractivity (Wildman–Crippen MR) is 86.6 cm³/mol. The molecule has 3 fully saturated rings. The van der Waals surface area contributed by atoms with E-state index in [1.54, 1.807) is 0 Å². The molecule has 0 spiro atoms. The molecule has 1 atom stereocenters. The molecule has 3 heterocycles. The minimum absolute atomic E-state index is 0.543. The average Bonchev–Trinajstić information content (AvgIpc) is 3.26. The van der Waals surface area contributed by atoms with Crippen molar-refractivity contribution in [3.05, 3.63) is 17.0 Å². The molecule has 0 radical (unpaired) electrons. The topological polar surface area (TPSA) is 41.5 Å². The van der Waals surface area contributed by atoms with Gasteiger partial charge in [0.2, 0.25) is 0 Å². The zero-order chi connectivity index (χ0) is 14.9. The van der Waals surface area contributed by atoms with Crippen LogP contribution >= 0.6 is 11.6 Å². The minimum Gasteiger partial charge on any atom is -0.381 e. The number of ether oxygens (including phenoxy) is 1. The Kier molecular flexibility index (Phi) is 4.20. The summed E-state index contributed by atoms with van der Waals surface area (Å²) in [7, 11) is 0. The third kappa shape index (κ3) is 3.36. The van der Waals surface area contributed by atoms with Gasteiger partial charge in [0.1, 0.15) is 16.8 Å². The molecule has 120 valence electrons. The molecule has 0 N–H and O–H groups in total. The molecule has 1 aromatic heterocycles. The monoisotopic (exact) mass is 322 g/mol. The Labute approximate surface area is 136 Å². The highest BCUT2D eigenvalue weighted by Gasteiger charge is 2.29. The van der Waals surface area contributed by atoms with Crippen molar-refractivity contribution < 1.29 is 4.74 Å². The molecule has 5 nitrogen and oxygen atoms in total. The fourth-order valence-electron chi connectivity index (χ4n) is 3.36. The molecule has 0 bridgehead atoms. The molecule has 0 amide bonds. The van der Waals surface area contributed by atoms with E-state index in [0.29, 0.717) is 11.1 Å². The maximum Gasteiger partial charge on any atom is 0.135 e. The lowest BCUT2D eigenvalue weighted by Crippen LogP contribution is -2.48. The van der Waals surface area contributed by atoms with Crippen molar-refractivity contribution in [2.45, 2.75) is 25.2 Å². The number of piperazine rings is 1. The maximum absolute atomic E-state index is 6.18. The third-order valence-corrected chi connectivity index (χ3v) is 5.07. The summed E-state index contributed by atoms with van der Waals surface area (Å²) in [5, 5.41) is 0.581. The van der Waals surface area contributed by atoms with Crippen molar-refractivity contribution in [3.8, 4) is 0 Å². The van der Waals surface area contributed by atoms with Gasteiger partial charge in [0.05, 0.1) is 6.61 Å². The lowest BCUT2D eigenvalue weighted by Gasteiger charge is -2.36. The Bertz CT molecular complexity index is 523. The molecule has 6 heteroatoms. The number of anilines is 1. The van der Waals surface area contributed by atoms with E-state index < -0.39 is 0 Å². The zero-order valence-electron chi connectivity index (χ0n) is 12.9. The van der Waals surface area contributed by atoms with Crippen LogP contribution in [-0.2, 0) is 4.74 Å². The molecule has 1 unspecified atom stereocenters. The van der Waals surface area contributed by atoms with Crippen LogP contribution in [0.4, 0.5) is 5.82 Å². The summed E-state index contributed by atoms with van der Waals surface area (Å²) in [4.78, 5) is 14.0. The van der Waals surface area contributed by atoms with Crippen molar-refractivity contribution in [3.63, 3.8) is 0 Å². The van der Waals surface area contributed by atoms with Crippen LogP contribution in [0.5, 0.6) is 0 Å². The van der Waals surface area contributed by atoms with Crippen LogP contribution in [0.3, 0.4) is 0 Å². The Morgan fingerprint density at radius 3 is 2.64 bits per heavy atom. The molecule has 1 aromatic rings. The highest BCUT2D eigenvalue weighted by atomic mass is 35.5. The van der Waals surface area contributed by atoms with Gasteiger partial charge in [-0.25, -0.2) is 9.97 Å². The molecule has 2 aliphatic heterocycles. The molecular weight excluding hydrogens is 300 g/mol. The van der Waals surface area contributed by atoms with Crippen LogP contribution in [-0.4, -0.2) is 60.8 Å². The number of nitrogens with zero attached hydrogens (tertiary/aromatic N) is 4. The van der Waals surface area contributed by atoms with Crippen molar-refractivity contribution >= 4 is 17.4 Å². The molecular formula is C16H23ClN4O. The number of aromatic nitrogens is 2. The SMILES string of the molecule is Clc1cc(N2CCN(CC3CCOC3)CC2)nc(C2CC2)n1. The van der Waals surface area contributed by atoms with Gasteiger partial charge in [-0.2, -0.15) is 0 Å². The van der Waals surface area contributed by atoms with E-state index in [0.717, 1.165) is 57.0 Å². The first-order valence-corrected chi connectivity index (χ1v) is 8.75. The van der Waals surface area contributed by atoms with Gasteiger partial charge < -0.3 is 9.64 Å². The maximum atomic E-state index is 6.18. The van der Waals surface area contributed by atoms with Gasteiger partial charge >= 0.3 is 0 Å². The fraction of sp³-hybridized carbons (Fsp3) is 0.750. The standard InChI is InChI=1S/C16H23ClN4O/c17-14-9-15(19-16(18-14)13-1-2-13)21-6-4-20(5-7-21)10-12-3-8-22-11-12/h9,12-13H,1-8,10-11H2. The van der Waals surface area contributed by atoms with Crippen LogP contribution < -0.4 is 4.90 Å². The number of hydrogen-bond acceptors (Lipinski definition) is 5. The summed E-state index contributed by atoms with van der Waals surface area (Å²) in [5.41, 5.74) is 0. The van der Waals surface area contributed by atoms with Crippen molar-refractivity contribution in [1.29, 1.82) is 0 Å². The second kappa shape index (κ2) is 6.30. The summed E-state index contributed by atoms with van der Waals surface area (Å²) < 4.78 is 5.48. The number of rotatable bonds is 4. The number of halogens is 1. The van der Waals surface area contributed by atoms with E-state index in [4.69, 9.17) is 21.3 Å². The summed E-state index contributed by atoms with van der Waals surface area (Å²) in [5.74, 6) is 3.21. The van der Waals surface area contributed by atoms with E-state index >= 15 is 0 Å². The van der Waals surface area contributed by atoms with E-state index in [2.05, 4.69) is 14.8 Å². The molecule has 3 aliphatic rings. The predicted octanol–water partition coefficient (Wildman–Crippen LogP) is 2.17. The van der Waals surface area contributed by atoms with Crippen LogP contribution in [0.15, 0.2) is 6.07 Å². The van der Waals surface area contributed by atoms with Gasteiger partial charge in [0.25, 0.3) is 0 Å². The van der Waals surface area contributed by atoms with Gasteiger partial charge in [-0.3, -0.25) is 4.90 Å². The highest BCUT2D eigenvalue weighted by molar-refractivity contribution is 6.29. The Morgan fingerprint density at radius 2 is 1.95 bits per heavy atom. The van der Waals surface area contributed by atoms with E-state index in [-0.39, 0.29) is 0 Å². The minimum atomic E-state index is 0.543. The van der Waals surface area contributed by atoms with Gasteiger partial charge in [0, 0.05) is 51.3 Å². The van der Waals surface area contributed by atoms with Gasteiger partial charge in [-0.05, 0) is 25.2 Å². The first kappa shape index (κ1) is 14.7.